The van der Waals surface area contributed by atoms with E-state index in [0.717, 1.165) is 30.5 Å². The molecule has 0 saturated heterocycles. The second kappa shape index (κ2) is 13.0. The summed E-state index contributed by atoms with van der Waals surface area (Å²) >= 11 is 0. The minimum atomic E-state index is -0.546. The number of nitrogens with zero attached hydrogens (tertiary/aromatic N) is 1. The number of aliphatic imine (C=N–C) groups is 1. The number of hydrogen-bond acceptors (Lipinski definition) is 4. The first-order valence-electron chi connectivity index (χ1n) is 11.4. The molecular weight excluding hydrogens is 533 g/mol. The third kappa shape index (κ3) is 11.1. The van der Waals surface area contributed by atoms with E-state index in [1.807, 2.05) is 65.8 Å². The zero-order valence-electron chi connectivity index (χ0n) is 20.7. The first-order valence-corrected chi connectivity index (χ1v) is 11.4. The number of halogens is 1. The van der Waals surface area contributed by atoms with Gasteiger partial charge in [-0.1, -0.05) is 18.6 Å². The van der Waals surface area contributed by atoms with Crippen molar-refractivity contribution in [2.75, 3.05) is 18.4 Å². The van der Waals surface area contributed by atoms with Crippen molar-refractivity contribution in [3.8, 4) is 0 Å². The van der Waals surface area contributed by atoms with Gasteiger partial charge in [0, 0.05) is 24.7 Å². The van der Waals surface area contributed by atoms with Crippen molar-refractivity contribution < 1.29 is 14.3 Å². The number of rotatable bonds is 8. The maximum absolute atomic E-state index is 12.2. The molecule has 0 bridgehead atoms. The Labute approximate surface area is 215 Å². The molecule has 9 heteroatoms. The summed E-state index contributed by atoms with van der Waals surface area (Å²) in [4.78, 5) is 28.9. The minimum Gasteiger partial charge on any atom is -0.444 e. The second-order valence-corrected chi connectivity index (χ2v) is 9.88. The van der Waals surface area contributed by atoms with Gasteiger partial charge in [-0.2, -0.15) is 0 Å². The summed E-state index contributed by atoms with van der Waals surface area (Å²) < 4.78 is 5.34. The van der Waals surface area contributed by atoms with Crippen LogP contribution in [-0.4, -0.2) is 42.2 Å². The van der Waals surface area contributed by atoms with Crippen LogP contribution in [0.25, 0.3) is 0 Å². The van der Waals surface area contributed by atoms with Crippen molar-refractivity contribution in [3.05, 3.63) is 29.8 Å². The molecule has 0 atom stereocenters. The van der Waals surface area contributed by atoms with E-state index in [9.17, 15) is 9.59 Å². The van der Waals surface area contributed by atoms with E-state index in [4.69, 9.17) is 4.74 Å². The van der Waals surface area contributed by atoms with Crippen LogP contribution in [0.4, 0.5) is 10.5 Å². The summed E-state index contributed by atoms with van der Waals surface area (Å²) in [7, 11) is 0. The van der Waals surface area contributed by atoms with Crippen LogP contribution < -0.4 is 21.3 Å². The summed E-state index contributed by atoms with van der Waals surface area (Å²) in [5.74, 6) is 0.904. The monoisotopic (exact) mass is 573 g/mol. The first-order chi connectivity index (χ1) is 15.0. The lowest BCUT2D eigenvalue weighted by atomic mass is 9.85. The summed E-state index contributed by atoms with van der Waals surface area (Å²) in [5.41, 5.74) is 0.718. The van der Waals surface area contributed by atoms with E-state index in [1.165, 1.54) is 0 Å². The lowest BCUT2D eigenvalue weighted by Crippen LogP contribution is -2.54. The van der Waals surface area contributed by atoms with Crippen LogP contribution in [0.1, 0.15) is 66.4 Å². The summed E-state index contributed by atoms with van der Waals surface area (Å²) in [6.07, 6.45) is 2.64. The Morgan fingerprint density at radius 3 is 2.39 bits per heavy atom. The molecule has 1 aromatic rings. The van der Waals surface area contributed by atoms with Gasteiger partial charge in [0.15, 0.2) is 5.96 Å². The molecule has 33 heavy (non-hydrogen) atoms. The number of carbonyl (C=O) groups excluding carboxylic acids is 2. The maximum atomic E-state index is 12.2. The van der Waals surface area contributed by atoms with Gasteiger partial charge in [-0.25, -0.2) is 9.79 Å². The SMILES string of the molecule is CCNC(=NCc1cccc(NC(=O)C2CCC2)c1)NCC(C)(C)NC(=O)OC(C)(C)C.I. The van der Waals surface area contributed by atoms with Crippen molar-refractivity contribution in [1.29, 1.82) is 0 Å². The van der Waals surface area contributed by atoms with E-state index in [1.54, 1.807) is 0 Å². The molecule has 0 heterocycles. The molecule has 0 radical (unpaired) electrons. The van der Waals surface area contributed by atoms with Crippen LogP contribution in [0.15, 0.2) is 29.3 Å². The molecule has 0 aliphatic heterocycles. The molecule has 0 unspecified atom stereocenters. The fourth-order valence-electron chi connectivity index (χ4n) is 3.10. The van der Waals surface area contributed by atoms with Crippen LogP contribution in [0.3, 0.4) is 0 Å². The molecule has 4 N–H and O–H groups in total. The van der Waals surface area contributed by atoms with Crippen molar-refractivity contribution >= 4 is 47.6 Å². The normalized spacial score (nSPS) is 14.4. The Kier molecular flexibility index (Phi) is 11.4. The smallest absolute Gasteiger partial charge is 0.408 e. The van der Waals surface area contributed by atoms with Gasteiger partial charge in [0.25, 0.3) is 0 Å². The zero-order chi connectivity index (χ0) is 23.8. The Bertz CT molecular complexity index is 817. The van der Waals surface area contributed by atoms with Crippen LogP contribution in [0.5, 0.6) is 0 Å². The highest BCUT2D eigenvalue weighted by Crippen LogP contribution is 2.27. The molecule has 2 amide bonds. The van der Waals surface area contributed by atoms with Gasteiger partial charge in [-0.05, 0) is 72.1 Å². The van der Waals surface area contributed by atoms with Crippen LogP contribution in [0.2, 0.25) is 0 Å². The highest BCUT2D eigenvalue weighted by Gasteiger charge is 2.26. The van der Waals surface area contributed by atoms with Gasteiger partial charge in [0.1, 0.15) is 5.60 Å². The Morgan fingerprint density at radius 2 is 1.82 bits per heavy atom. The number of benzene rings is 1. The second-order valence-electron chi connectivity index (χ2n) is 9.88. The number of alkyl carbamates (subject to hydrolysis) is 1. The van der Waals surface area contributed by atoms with Gasteiger partial charge in [-0.15, -0.1) is 24.0 Å². The lowest BCUT2D eigenvalue weighted by molar-refractivity contribution is -0.122. The third-order valence-electron chi connectivity index (χ3n) is 4.97. The number of amides is 2. The topological polar surface area (TPSA) is 104 Å². The third-order valence-corrected chi connectivity index (χ3v) is 4.97. The summed E-state index contributed by atoms with van der Waals surface area (Å²) in [6.45, 7) is 13.0. The Morgan fingerprint density at radius 1 is 1.12 bits per heavy atom. The zero-order valence-corrected chi connectivity index (χ0v) is 23.0. The van der Waals surface area contributed by atoms with Crippen molar-refractivity contribution in [3.63, 3.8) is 0 Å². The fraction of sp³-hybridized carbons (Fsp3) is 0.625. The first kappa shape index (κ1) is 29.0. The molecular formula is C24H40IN5O3. The standard InChI is InChI=1S/C24H39N5O3.HI/c1-7-25-21(27-16-24(5,6)29-22(31)32-23(2,3)4)26-15-17-10-8-13-19(14-17)28-20(30)18-11-9-12-18;/h8,10,13-14,18H,7,9,11-12,15-16H2,1-6H3,(H,28,30)(H,29,31)(H2,25,26,27);1H. The van der Waals surface area contributed by atoms with E-state index in [-0.39, 0.29) is 35.8 Å². The number of carbonyl (C=O) groups is 2. The van der Waals surface area contributed by atoms with E-state index >= 15 is 0 Å². The summed E-state index contributed by atoms with van der Waals surface area (Å²) in [6, 6.07) is 7.77. The van der Waals surface area contributed by atoms with E-state index < -0.39 is 17.2 Å². The quantitative estimate of drug-likeness (QED) is 0.210. The molecule has 1 aliphatic carbocycles. The Hall–Kier alpha value is -2.04. The maximum Gasteiger partial charge on any atom is 0.408 e. The molecule has 1 aliphatic rings. The largest absolute Gasteiger partial charge is 0.444 e. The van der Waals surface area contributed by atoms with Crippen LogP contribution >= 0.6 is 24.0 Å². The van der Waals surface area contributed by atoms with Gasteiger partial charge in [-0.3, -0.25) is 4.79 Å². The van der Waals surface area contributed by atoms with E-state index in [0.29, 0.717) is 25.6 Å². The number of hydrogen-bond donors (Lipinski definition) is 4. The average molecular weight is 574 g/mol. The van der Waals surface area contributed by atoms with Crippen molar-refractivity contribution in [2.24, 2.45) is 10.9 Å². The predicted octanol–water partition coefficient (Wildman–Crippen LogP) is 4.40. The molecule has 0 spiro atoms. The van der Waals surface area contributed by atoms with Gasteiger partial charge in [0.05, 0.1) is 12.1 Å². The summed E-state index contributed by atoms with van der Waals surface area (Å²) in [5, 5.41) is 12.4. The average Bonchev–Trinajstić information content (AvgIpc) is 2.60. The molecule has 2 rings (SSSR count). The van der Waals surface area contributed by atoms with Crippen molar-refractivity contribution in [1.82, 2.24) is 16.0 Å². The molecule has 0 aromatic heterocycles. The van der Waals surface area contributed by atoms with Gasteiger partial charge in [0.2, 0.25) is 5.91 Å². The van der Waals surface area contributed by atoms with Crippen LogP contribution in [0, 0.1) is 5.92 Å². The molecule has 1 aromatic carbocycles. The molecule has 1 fully saturated rings. The number of ether oxygens (including phenoxy) is 1. The Balaban J connectivity index is 0.00000544. The van der Waals surface area contributed by atoms with Crippen molar-refractivity contribution in [2.45, 2.75) is 78.5 Å². The fourth-order valence-corrected chi connectivity index (χ4v) is 3.10. The molecule has 186 valence electrons. The van der Waals surface area contributed by atoms with Gasteiger partial charge >= 0.3 is 6.09 Å². The van der Waals surface area contributed by atoms with Gasteiger partial charge < -0.3 is 26.0 Å². The number of guanidine groups is 1. The molecule has 8 nitrogen and oxygen atoms in total. The number of nitrogens with one attached hydrogen (secondary N) is 4. The van der Waals surface area contributed by atoms with E-state index in [2.05, 4.69) is 26.3 Å². The minimum absolute atomic E-state index is 0. The molecule has 1 saturated carbocycles. The highest BCUT2D eigenvalue weighted by molar-refractivity contribution is 14.0. The predicted molar refractivity (Wildman–Crippen MR) is 144 cm³/mol. The highest BCUT2D eigenvalue weighted by atomic mass is 127. The lowest BCUT2D eigenvalue weighted by Gasteiger charge is -2.29. The number of anilines is 1. The van der Waals surface area contributed by atoms with Crippen LogP contribution in [-0.2, 0) is 16.1 Å².